The van der Waals surface area contributed by atoms with Gasteiger partial charge in [-0.05, 0) is 117 Å². The van der Waals surface area contributed by atoms with E-state index >= 15 is 0 Å². The molecular weight excluding hydrogens is 464 g/mol. The van der Waals surface area contributed by atoms with E-state index in [9.17, 15) is 9.59 Å². The highest BCUT2D eigenvalue weighted by atomic mass is 32.2. The molecule has 4 fully saturated rings. The van der Waals surface area contributed by atoms with E-state index in [1.54, 1.807) is 19.2 Å². The van der Waals surface area contributed by atoms with Crippen LogP contribution in [0.4, 0.5) is 0 Å². The minimum atomic E-state index is -0.986. The molecule has 1 unspecified atom stereocenters. The zero-order valence-corrected chi connectivity index (χ0v) is 21.0. The lowest BCUT2D eigenvalue weighted by atomic mass is 9.48. The summed E-state index contributed by atoms with van der Waals surface area (Å²) in [5, 5.41) is 8.99. The Morgan fingerprint density at radius 1 is 1.00 bits per heavy atom. The van der Waals surface area contributed by atoms with Gasteiger partial charge in [0.15, 0.2) is 13.1 Å². The van der Waals surface area contributed by atoms with Crippen LogP contribution in [0.5, 0.6) is 5.75 Å². The van der Waals surface area contributed by atoms with Crippen LogP contribution in [0.25, 0.3) is 0 Å². The van der Waals surface area contributed by atoms with Crippen LogP contribution in [0.1, 0.15) is 71.7 Å². The summed E-state index contributed by atoms with van der Waals surface area (Å²) in [5.41, 5.74) is 2.08. The van der Waals surface area contributed by atoms with Crippen molar-refractivity contribution in [3.05, 3.63) is 59.2 Å². The summed E-state index contributed by atoms with van der Waals surface area (Å²) in [4.78, 5) is 24.9. The zero-order valence-electron chi connectivity index (χ0n) is 20.2. The number of rotatable bonds is 9. The van der Waals surface area contributed by atoms with E-state index in [1.807, 2.05) is 19.1 Å². The lowest BCUT2D eigenvalue weighted by molar-refractivity contribution is -0.150. The number of benzene rings is 2. The molecule has 2 aromatic carbocycles. The summed E-state index contributed by atoms with van der Waals surface area (Å²) < 4.78 is 16.9. The molecule has 186 valence electrons. The molecule has 0 saturated heterocycles. The summed E-state index contributed by atoms with van der Waals surface area (Å²) in [7, 11) is 1.59. The Morgan fingerprint density at radius 3 is 2.17 bits per heavy atom. The number of carboxylic acid groups (broad SMARTS) is 1. The Morgan fingerprint density at radius 2 is 1.60 bits per heavy atom. The molecule has 6 nitrogen and oxygen atoms in total. The number of hydrogen-bond donors (Lipinski definition) is 1. The number of carboxylic acids is 1. The van der Waals surface area contributed by atoms with Crippen molar-refractivity contribution in [2.75, 3.05) is 13.9 Å². The van der Waals surface area contributed by atoms with Gasteiger partial charge >= 0.3 is 5.97 Å². The first kappa shape index (κ1) is 24.3. The molecule has 4 saturated carbocycles. The number of ether oxygens (including phenoxy) is 3. The fraction of sp³-hybridized carbons (Fsp3) is 0.500. The Balaban J connectivity index is 1.40. The smallest absolute Gasteiger partial charge is 0.335 e. The van der Waals surface area contributed by atoms with E-state index in [4.69, 9.17) is 19.3 Å². The lowest BCUT2D eigenvalue weighted by Crippen LogP contribution is -2.48. The van der Waals surface area contributed by atoms with Gasteiger partial charge in [0.25, 0.3) is 0 Å². The maximum atomic E-state index is 13.1. The molecule has 0 amide bonds. The first-order chi connectivity index (χ1) is 16.8. The van der Waals surface area contributed by atoms with Crippen LogP contribution >= 0.6 is 11.8 Å². The second kappa shape index (κ2) is 9.96. The third kappa shape index (κ3) is 5.13. The van der Waals surface area contributed by atoms with Crippen LogP contribution in [0.3, 0.4) is 0 Å². The molecule has 2 aromatic rings. The fourth-order valence-electron chi connectivity index (χ4n) is 6.74. The molecule has 1 N–H and O–H groups in total. The molecule has 0 aromatic heterocycles. The maximum absolute atomic E-state index is 13.1. The molecule has 0 radical (unpaired) electrons. The van der Waals surface area contributed by atoms with Crippen molar-refractivity contribution in [1.82, 2.24) is 0 Å². The van der Waals surface area contributed by atoms with Crippen LogP contribution in [0, 0.1) is 17.8 Å². The Labute approximate surface area is 210 Å². The Bertz CT molecular complexity index is 1060. The molecule has 0 heterocycles. The summed E-state index contributed by atoms with van der Waals surface area (Å²) in [6, 6.07) is 12.2. The average molecular weight is 497 g/mol. The lowest BCUT2D eigenvalue weighted by Gasteiger charge is -2.57. The van der Waals surface area contributed by atoms with Crippen molar-refractivity contribution in [3.8, 4) is 5.75 Å². The van der Waals surface area contributed by atoms with E-state index in [-0.39, 0.29) is 29.2 Å². The second-order valence-corrected chi connectivity index (χ2v) is 11.4. The zero-order chi connectivity index (χ0) is 24.6. The fourth-order valence-corrected chi connectivity index (χ4v) is 7.47. The Kier molecular flexibility index (Phi) is 6.93. The van der Waals surface area contributed by atoms with Gasteiger partial charge in [0.05, 0.1) is 5.56 Å². The number of aromatic carboxylic acids is 1. The molecule has 0 spiro atoms. The van der Waals surface area contributed by atoms with Gasteiger partial charge in [-0.25, -0.2) is 4.79 Å². The van der Waals surface area contributed by atoms with Gasteiger partial charge in [-0.3, -0.25) is 4.79 Å². The number of carbonyl (C=O) groups is 2. The van der Waals surface area contributed by atoms with Crippen molar-refractivity contribution < 1.29 is 28.9 Å². The number of thioether (sulfide) groups is 1. The summed E-state index contributed by atoms with van der Waals surface area (Å²) in [6.45, 7) is 1.87. The molecule has 7 heteroatoms. The third-order valence-corrected chi connectivity index (χ3v) is 8.92. The third-order valence-electron chi connectivity index (χ3n) is 7.99. The molecule has 1 atom stereocenters. The molecule has 0 aliphatic heterocycles. The van der Waals surface area contributed by atoms with Gasteiger partial charge in [-0.15, -0.1) is 0 Å². The first-order valence-electron chi connectivity index (χ1n) is 12.3. The van der Waals surface area contributed by atoms with Gasteiger partial charge in [-0.2, -0.15) is 0 Å². The maximum Gasteiger partial charge on any atom is 0.335 e. The van der Waals surface area contributed by atoms with E-state index < -0.39 is 5.97 Å². The SMILES string of the molecule is COC(C)OCOc1cc(C(=O)Sc2ccc(C(=O)O)cc2)ccc1C12CC3CC(CC(C3)C1)C2. The molecule has 4 aliphatic carbocycles. The van der Waals surface area contributed by atoms with Gasteiger partial charge in [0.2, 0.25) is 5.12 Å². The molecule has 4 bridgehead atoms. The average Bonchev–Trinajstić information content (AvgIpc) is 2.83. The molecular formula is C28H32O6S. The van der Waals surface area contributed by atoms with Crippen LogP contribution in [0.2, 0.25) is 0 Å². The summed E-state index contributed by atoms with van der Waals surface area (Å²) >= 11 is 1.08. The molecule has 35 heavy (non-hydrogen) atoms. The first-order valence-corrected chi connectivity index (χ1v) is 13.1. The van der Waals surface area contributed by atoms with Crippen LogP contribution in [-0.4, -0.2) is 36.4 Å². The minimum Gasteiger partial charge on any atom is -0.478 e. The van der Waals surface area contributed by atoms with Crippen LogP contribution in [-0.2, 0) is 14.9 Å². The van der Waals surface area contributed by atoms with E-state index in [0.29, 0.717) is 10.5 Å². The molecule has 6 rings (SSSR count). The van der Waals surface area contributed by atoms with Gasteiger partial charge in [-0.1, -0.05) is 6.07 Å². The van der Waals surface area contributed by atoms with Gasteiger partial charge in [0, 0.05) is 23.1 Å². The van der Waals surface area contributed by atoms with Crippen LogP contribution in [0.15, 0.2) is 47.4 Å². The van der Waals surface area contributed by atoms with Crippen molar-refractivity contribution in [1.29, 1.82) is 0 Å². The van der Waals surface area contributed by atoms with E-state index in [0.717, 1.165) is 35.3 Å². The minimum absolute atomic E-state index is 0.0514. The predicted molar refractivity (Wildman–Crippen MR) is 133 cm³/mol. The standard InChI is InChI=1S/C28H32O6S/c1-17(32-2)33-16-34-25-12-22(27(31)35-23-6-3-21(4-7-23)26(29)30)5-8-24(25)28-13-18-9-19(14-28)11-20(10-18)15-28/h3-8,12,17-20H,9-11,13-16H2,1-2H3,(H,29,30). The second-order valence-electron chi connectivity index (χ2n) is 10.4. The summed E-state index contributed by atoms with van der Waals surface area (Å²) in [5.74, 6) is 2.13. The topological polar surface area (TPSA) is 82.1 Å². The van der Waals surface area contributed by atoms with Crippen molar-refractivity contribution in [2.24, 2.45) is 17.8 Å². The van der Waals surface area contributed by atoms with Crippen molar-refractivity contribution in [2.45, 2.75) is 62.0 Å². The van der Waals surface area contributed by atoms with Crippen molar-refractivity contribution in [3.63, 3.8) is 0 Å². The molecule has 4 aliphatic rings. The number of carbonyl (C=O) groups excluding carboxylic acids is 1. The van der Waals surface area contributed by atoms with Gasteiger partial charge < -0.3 is 19.3 Å². The van der Waals surface area contributed by atoms with E-state index in [2.05, 4.69) is 6.07 Å². The highest BCUT2D eigenvalue weighted by molar-refractivity contribution is 8.14. The van der Waals surface area contributed by atoms with Gasteiger partial charge in [0.1, 0.15) is 5.75 Å². The monoisotopic (exact) mass is 496 g/mol. The highest BCUT2D eigenvalue weighted by Crippen LogP contribution is 2.62. The number of methoxy groups -OCH3 is 1. The quantitative estimate of drug-likeness (QED) is 0.330. The normalized spacial score (nSPS) is 27.5. The number of hydrogen-bond acceptors (Lipinski definition) is 6. The largest absolute Gasteiger partial charge is 0.478 e. The highest BCUT2D eigenvalue weighted by Gasteiger charge is 2.52. The van der Waals surface area contributed by atoms with Crippen LogP contribution < -0.4 is 4.74 Å². The van der Waals surface area contributed by atoms with Crippen molar-refractivity contribution >= 4 is 22.8 Å². The van der Waals surface area contributed by atoms with E-state index in [1.165, 1.54) is 56.2 Å². The Hall–Kier alpha value is -2.35. The summed E-state index contributed by atoms with van der Waals surface area (Å²) in [6.07, 6.45) is 7.29. The predicted octanol–water partition coefficient (Wildman–Crippen LogP) is 6.13.